The van der Waals surface area contributed by atoms with Gasteiger partial charge in [0.2, 0.25) is 0 Å². The predicted molar refractivity (Wildman–Crippen MR) is 164 cm³/mol. The minimum atomic E-state index is -0.357. The van der Waals surface area contributed by atoms with Crippen molar-refractivity contribution in [1.82, 2.24) is 14.9 Å². The van der Waals surface area contributed by atoms with Gasteiger partial charge in [0.15, 0.2) is 0 Å². The second kappa shape index (κ2) is 12.4. The van der Waals surface area contributed by atoms with Crippen LogP contribution in [0, 0.1) is 12.7 Å². The van der Waals surface area contributed by atoms with Crippen LogP contribution in [0.25, 0.3) is 22.2 Å². The van der Waals surface area contributed by atoms with E-state index < -0.39 is 0 Å². The lowest BCUT2D eigenvalue weighted by molar-refractivity contribution is -0.139. The van der Waals surface area contributed by atoms with Crippen molar-refractivity contribution >= 4 is 22.7 Å². The lowest BCUT2D eigenvalue weighted by atomic mass is 9.99. The summed E-state index contributed by atoms with van der Waals surface area (Å²) in [5, 5.41) is 0. The Labute approximate surface area is 245 Å². The highest BCUT2D eigenvalue weighted by atomic mass is 19.1. The number of H-pyrrole nitrogens is 1. The van der Waals surface area contributed by atoms with Gasteiger partial charge in [0.1, 0.15) is 30.6 Å². The molecule has 0 fully saturated rings. The largest absolute Gasteiger partial charge is 0.491 e. The monoisotopic (exact) mass is 566 g/mol. The molecule has 0 atom stereocenters. The zero-order chi connectivity index (χ0) is 29.8. The summed E-state index contributed by atoms with van der Waals surface area (Å²) in [6.07, 6.45) is 0.517. The van der Waals surface area contributed by atoms with Crippen LogP contribution in [0.4, 0.5) is 4.39 Å². The molecule has 7 nitrogen and oxygen atoms in total. The Balaban J connectivity index is 1.45. The summed E-state index contributed by atoms with van der Waals surface area (Å²) in [6, 6.07) is 19.0. The molecule has 1 aliphatic heterocycles. The van der Waals surface area contributed by atoms with Crippen LogP contribution in [0.2, 0.25) is 0 Å². The Morgan fingerprint density at radius 1 is 1.10 bits per heavy atom. The van der Waals surface area contributed by atoms with Crippen molar-refractivity contribution < 1.29 is 18.7 Å². The first kappa shape index (κ1) is 28.8. The maximum atomic E-state index is 13.7. The van der Waals surface area contributed by atoms with Gasteiger partial charge >= 0.3 is 5.97 Å². The van der Waals surface area contributed by atoms with E-state index in [2.05, 4.69) is 45.7 Å². The Morgan fingerprint density at radius 3 is 2.60 bits per heavy atom. The van der Waals surface area contributed by atoms with Crippen molar-refractivity contribution in [1.29, 1.82) is 0 Å². The minimum absolute atomic E-state index is 0.112. The van der Waals surface area contributed by atoms with E-state index in [4.69, 9.17) is 14.5 Å². The second-order valence-corrected chi connectivity index (χ2v) is 10.6. The molecule has 0 spiro atoms. The molecule has 42 heavy (non-hydrogen) atoms. The molecule has 0 aliphatic carbocycles. The number of benzene rings is 3. The normalized spacial score (nSPS) is 14.1. The summed E-state index contributed by atoms with van der Waals surface area (Å²) >= 11 is 0. The molecule has 3 aromatic carbocycles. The number of hydrogen-bond donors (Lipinski definition) is 1. The first-order valence-corrected chi connectivity index (χ1v) is 13.9. The van der Waals surface area contributed by atoms with E-state index in [1.54, 1.807) is 12.1 Å². The molecule has 5 rings (SSSR count). The molecule has 1 N–H and O–H groups in total. The molecular formula is C34H35FN4O3. The first-order chi connectivity index (χ1) is 20.2. The van der Waals surface area contributed by atoms with Crippen LogP contribution in [0.5, 0.6) is 5.75 Å². The van der Waals surface area contributed by atoms with Crippen LogP contribution in [0.15, 0.2) is 89.2 Å². The number of aromatic nitrogens is 2. The SMILES string of the molecule is C=C(/C(Cc1ccc(F)cc1)=C(/C)N=C(C)COC(C)=O)N1CCOc2ccc(-c3ccc4nc(C)[nH]c4c3)cc2C1. The lowest BCUT2D eigenvalue weighted by Gasteiger charge is -2.27. The van der Waals surface area contributed by atoms with Crippen LogP contribution in [-0.4, -0.2) is 46.3 Å². The molecule has 1 aromatic heterocycles. The van der Waals surface area contributed by atoms with Gasteiger partial charge in [0.25, 0.3) is 0 Å². The maximum absolute atomic E-state index is 13.7. The number of rotatable bonds is 8. The molecule has 216 valence electrons. The predicted octanol–water partition coefficient (Wildman–Crippen LogP) is 6.93. The summed E-state index contributed by atoms with van der Waals surface area (Å²) in [4.78, 5) is 26.1. The Morgan fingerprint density at radius 2 is 1.83 bits per heavy atom. The van der Waals surface area contributed by atoms with E-state index in [1.165, 1.54) is 19.1 Å². The van der Waals surface area contributed by atoms with Gasteiger partial charge in [0.05, 0.1) is 23.3 Å². The number of carbonyl (C=O) groups excluding carboxylic acids is 1. The fourth-order valence-corrected chi connectivity index (χ4v) is 5.15. The van der Waals surface area contributed by atoms with Gasteiger partial charge in [0, 0.05) is 42.4 Å². The third-order valence-electron chi connectivity index (χ3n) is 7.28. The number of imidazole rings is 1. The van der Waals surface area contributed by atoms with Crippen LogP contribution in [-0.2, 0) is 22.5 Å². The third kappa shape index (κ3) is 6.77. The number of hydrogen-bond acceptors (Lipinski definition) is 6. The summed E-state index contributed by atoms with van der Waals surface area (Å²) in [5.41, 5.74) is 9.29. The number of aryl methyl sites for hydroxylation is 1. The van der Waals surface area contributed by atoms with Gasteiger partial charge < -0.3 is 19.4 Å². The molecule has 0 radical (unpaired) electrons. The van der Waals surface area contributed by atoms with Crippen molar-refractivity contribution in [2.24, 2.45) is 4.99 Å². The summed E-state index contributed by atoms with van der Waals surface area (Å²) in [7, 11) is 0. The van der Waals surface area contributed by atoms with E-state index in [-0.39, 0.29) is 18.4 Å². The van der Waals surface area contributed by atoms with Crippen molar-refractivity contribution in [3.05, 3.63) is 107 Å². The number of aliphatic imine (C=N–C) groups is 1. The zero-order valence-electron chi connectivity index (χ0n) is 24.5. The number of esters is 1. The standard InChI is InChI=1S/C34H35FN4O3/c1-21(20-42-25(5)40)36-22(2)31(16-26-6-10-30(35)11-7-26)23(3)39-14-15-41-34-13-9-27(17-29(34)19-39)28-8-12-32-33(18-28)38-24(4)37-32/h6-13,17-18H,3,14-16,19-20H2,1-2,4-5H3,(H,37,38)/b31-22-,36-21?. The van der Waals surface area contributed by atoms with Gasteiger partial charge in [-0.15, -0.1) is 0 Å². The van der Waals surface area contributed by atoms with Gasteiger partial charge in [-0.25, -0.2) is 9.37 Å². The van der Waals surface area contributed by atoms with Crippen LogP contribution < -0.4 is 4.74 Å². The fourth-order valence-electron chi connectivity index (χ4n) is 5.15. The molecule has 2 heterocycles. The zero-order valence-corrected chi connectivity index (χ0v) is 24.5. The highest BCUT2D eigenvalue weighted by Gasteiger charge is 2.21. The first-order valence-electron chi connectivity index (χ1n) is 13.9. The van der Waals surface area contributed by atoms with E-state index in [0.29, 0.717) is 31.8 Å². The van der Waals surface area contributed by atoms with Crippen molar-refractivity contribution in [2.75, 3.05) is 19.8 Å². The number of allylic oxidation sites excluding steroid dienone is 2. The molecule has 8 heteroatoms. The van der Waals surface area contributed by atoms with E-state index in [0.717, 1.165) is 61.8 Å². The second-order valence-electron chi connectivity index (χ2n) is 10.6. The van der Waals surface area contributed by atoms with Crippen LogP contribution in [0.1, 0.15) is 37.7 Å². The molecule has 1 aliphatic rings. The maximum Gasteiger partial charge on any atom is 0.303 e. The number of halogens is 1. The highest BCUT2D eigenvalue weighted by Crippen LogP contribution is 2.33. The quantitative estimate of drug-likeness (QED) is 0.142. The van der Waals surface area contributed by atoms with E-state index in [1.807, 2.05) is 32.9 Å². The number of nitrogens with zero attached hydrogens (tertiary/aromatic N) is 3. The molecule has 0 amide bonds. The molecule has 0 saturated heterocycles. The number of aromatic amines is 1. The topological polar surface area (TPSA) is 79.8 Å². The molecule has 4 aromatic rings. The fraction of sp³-hybridized carbons (Fsp3) is 0.265. The van der Waals surface area contributed by atoms with Gasteiger partial charge in [-0.1, -0.05) is 30.8 Å². The summed E-state index contributed by atoms with van der Waals surface area (Å²) < 4.78 is 24.9. The Bertz CT molecular complexity index is 1700. The molecular weight excluding hydrogens is 531 g/mol. The Kier molecular flexibility index (Phi) is 8.52. The third-order valence-corrected chi connectivity index (χ3v) is 7.28. The van der Waals surface area contributed by atoms with Crippen molar-refractivity contribution in [2.45, 2.75) is 40.7 Å². The lowest BCUT2D eigenvalue weighted by Crippen LogP contribution is -2.26. The number of carbonyl (C=O) groups is 1. The number of nitrogens with one attached hydrogen (secondary N) is 1. The van der Waals surface area contributed by atoms with Crippen LogP contribution in [0.3, 0.4) is 0 Å². The summed E-state index contributed by atoms with van der Waals surface area (Å²) in [6.45, 7) is 13.4. The van der Waals surface area contributed by atoms with E-state index in [9.17, 15) is 9.18 Å². The van der Waals surface area contributed by atoms with Gasteiger partial charge in [-0.3, -0.25) is 9.79 Å². The number of fused-ring (bicyclic) bond motifs is 2. The number of ether oxygens (including phenoxy) is 2. The Hall–Kier alpha value is -4.72. The van der Waals surface area contributed by atoms with Gasteiger partial charge in [-0.05, 0) is 73.9 Å². The molecule has 0 bridgehead atoms. The molecule has 0 unspecified atom stereocenters. The van der Waals surface area contributed by atoms with Crippen molar-refractivity contribution in [3.8, 4) is 16.9 Å². The van der Waals surface area contributed by atoms with Crippen molar-refractivity contribution in [3.63, 3.8) is 0 Å². The van der Waals surface area contributed by atoms with Crippen LogP contribution >= 0.6 is 0 Å². The smallest absolute Gasteiger partial charge is 0.303 e. The average molecular weight is 567 g/mol. The summed E-state index contributed by atoms with van der Waals surface area (Å²) in [5.74, 6) is 1.10. The van der Waals surface area contributed by atoms with Gasteiger partial charge in [-0.2, -0.15) is 0 Å². The van der Waals surface area contributed by atoms with E-state index >= 15 is 0 Å². The average Bonchev–Trinajstić information content (AvgIpc) is 3.20. The highest BCUT2D eigenvalue weighted by molar-refractivity contribution is 5.86. The minimum Gasteiger partial charge on any atom is -0.491 e. The molecule has 0 saturated carbocycles.